The van der Waals surface area contributed by atoms with Crippen molar-refractivity contribution in [2.24, 2.45) is 28.4 Å². The van der Waals surface area contributed by atoms with Crippen molar-refractivity contribution in [1.29, 1.82) is 0 Å². The average Bonchev–Trinajstić information content (AvgIpc) is 3.23. The molecule has 0 aromatic heterocycles. The van der Waals surface area contributed by atoms with Gasteiger partial charge in [0.25, 0.3) is 0 Å². The Morgan fingerprint density at radius 3 is 1.49 bits per heavy atom. The molecule has 2 aliphatic carbocycles. The molecule has 8 rings (SSSR count). The maximum Gasteiger partial charge on any atom is 0.329 e. The quantitative estimate of drug-likeness (QED) is 0.0986. The highest BCUT2D eigenvalue weighted by Crippen LogP contribution is 2.41. The molecule has 2 saturated heterocycles. The number of esters is 1. The van der Waals surface area contributed by atoms with Crippen LogP contribution >= 0.6 is 0 Å². The van der Waals surface area contributed by atoms with Gasteiger partial charge in [-0.05, 0) is 143 Å². The third-order valence-electron chi connectivity index (χ3n) is 13.7. The van der Waals surface area contributed by atoms with Crippen LogP contribution in [0.1, 0.15) is 110 Å². The number of fused-ring (bicyclic) bond motifs is 2. The van der Waals surface area contributed by atoms with Gasteiger partial charge in [-0.1, -0.05) is 84.5 Å². The molecular weight excluding hydrogens is 793 g/mol. The Bertz CT molecular complexity index is 2160. The Morgan fingerprint density at radius 2 is 1.13 bits per heavy atom. The molecule has 0 bridgehead atoms. The zero-order valence-corrected chi connectivity index (χ0v) is 38.8. The Kier molecular flexibility index (Phi) is 15.7. The fourth-order valence-corrected chi connectivity index (χ4v) is 9.34. The van der Waals surface area contributed by atoms with Crippen molar-refractivity contribution in [2.75, 3.05) is 40.1 Å². The van der Waals surface area contributed by atoms with E-state index < -0.39 is 11.9 Å². The molecule has 2 saturated carbocycles. The number of nitrogens with two attached hydrogens (primary N) is 1. The number of carbonyl (C=O) groups excluding carboxylic acids is 1. The van der Waals surface area contributed by atoms with Crippen LogP contribution in [-0.4, -0.2) is 69.3 Å². The van der Waals surface area contributed by atoms with Crippen LogP contribution in [0, 0.1) is 22.7 Å². The number of hydrogen-bond acceptors (Lipinski definition) is 9. The van der Waals surface area contributed by atoms with Crippen molar-refractivity contribution in [3.63, 3.8) is 0 Å². The summed E-state index contributed by atoms with van der Waals surface area (Å²) in [6.45, 7) is 20.0. The molecular formula is C53H72N2O8. The van der Waals surface area contributed by atoms with Crippen molar-refractivity contribution < 1.29 is 38.4 Å². The van der Waals surface area contributed by atoms with Gasteiger partial charge in [0.2, 0.25) is 0 Å². The summed E-state index contributed by atoms with van der Waals surface area (Å²) >= 11 is 0. The van der Waals surface area contributed by atoms with E-state index in [0.717, 1.165) is 77.0 Å². The first-order valence-electron chi connectivity index (χ1n) is 22.9. The molecule has 0 radical (unpaired) electrons. The molecule has 0 unspecified atom stereocenters. The molecule has 0 amide bonds. The molecule has 2 aliphatic heterocycles. The standard InChI is InChI=1S/C26H35NO4.C23H31NO2.C4H6O2/c1-25(2,3)20-7-10-22(11-8-20)31-23-9-5-18-14-21(6-4-19(18)15-23)26(16-30-17-26)27-13-12-24(28)29;1-22(2,3)18-7-10-20(11-8-18)26-21-9-5-16-12-19(6-4-17(16)13-21)23(24)14-25-15-23;1-3-4(5)6-2/h4-6,9,14-15,20,22,27H,7-8,10-13,16-17H2,1-3H3,(H,28,29);4-6,9,12-13,18,20H,7-8,10-11,14-15,24H2,1-3H3;3H,1H2,2H3. The number of ether oxygens (including phenoxy) is 5. The minimum absolute atomic E-state index is 0.105. The summed E-state index contributed by atoms with van der Waals surface area (Å²) < 4.78 is 27.5. The minimum atomic E-state index is -0.791. The second-order valence-electron chi connectivity index (χ2n) is 20.4. The second kappa shape index (κ2) is 20.6. The van der Waals surface area contributed by atoms with Gasteiger partial charge in [0, 0.05) is 12.6 Å². The molecule has 4 aromatic rings. The Hall–Kier alpha value is -4.48. The fourth-order valence-electron chi connectivity index (χ4n) is 9.34. The Labute approximate surface area is 375 Å². The predicted octanol–water partition coefficient (Wildman–Crippen LogP) is 10.5. The SMILES string of the molecule is C=CC(=O)OC.CC(C)(C)C1CCC(Oc2ccc3cc(C4(N)COC4)ccc3c2)CC1.CC(C)(C)C1CCC(Oc2ccc3cc(C4(NCCC(=O)O)COC4)ccc3c2)CC1. The van der Waals surface area contributed by atoms with E-state index in [1.165, 1.54) is 43.6 Å². The third kappa shape index (κ3) is 12.6. The lowest BCUT2D eigenvalue weighted by atomic mass is 9.72. The van der Waals surface area contributed by atoms with E-state index in [1.54, 1.807) is 0 Å². The van der Waals surface area contributed by atoms with Crippen LogP contribution in [0.4, 0.5) is 0 Å². The first-order chi connectivity index (χ1) is 29.9. The number of carbonyl (C=O) groups is 2. The van der Waals surface area contributed by atoms with Crippen LogP contribution < -0.4 is 20.5 Å². The smallest absolute Gasteiger partial charge is 0.329 e. The number of aliphatic carboxylic acids is 1. The zero-order valence-electron chi connectivity index (χ0n) is 38.8. The summed E-state index contributed by atoms with van der Waals surface area (Å²) in [7, 11) is 1.31. The second-order valence-corrected chi connectivity index (χ2v) is 20.4. The van der Waals surface area contributed by atoms with Crippen molar-refractivity contribution >= 4 is 33.5 Å². The summed E-state index contributed by atoms with van der Waals surface area (Å²) in [6.07, 6.45) is 11.5. The van der Waals surface area contributed by atoms with E-state index in [1.807, 2.05) is 0 Å². The van der Waals surface area contributed by atoms with Crippen LogP contribution in [0.3, 0.4) is 0 Å². The molecule has 0 atom stereocenters. The number of carboxylic acid groups (broad SMARTS) is 1. The predicted molar refractivity (Wildman–Crippen MR) is 251 cm³/mol. The van der Waals surface area contributed by atoms with Crippen molar-refractivity contribution in [2.45, 2.75) is 123 Å². The number of benzene rings is 4. The van der Waals surface area contributed by atoms with E-state index in [4.69, 9.17) is 29.8 Å². The lowest BCUT2D eigenvalue weighted by molar-refractivity contribution is -0.137. The number of nitrogens with one attached hydrogen (secondary N) is 1. The van der Waals surface area contributed by atoms with Crippen LogP contribution in [-0.2, 0) is 34.9 Å². The van der Waals surface area contributed by atoms with Crippen LogP contribution in [0.5, 0.6) is 11.5 Å². The molecule has 2 heterocycles. The maximum atomic E-state index is 10.9. The van der Waals surface area contributed by atoms with Gasteiger partial charge < -0.3 is 39.8 Å². The summed E-state index contributed by atoms with van der Waals surface area (Å²) in [5, 5.41) is 17.1. The minimum Gasteiger partial charge on any atom is -0.490 e. The average molecular weight is 865 g/mol. The molecule has 4 N–H and O–H groups in total. The number of rotatable bonds is 11. The van der Waals surface area contributed by atoms with E-state index in [9.17, 15) is 9.59 Å². The maximum absolute atomic E-state index is 10.9. The number of carboxylic acids is 1. The highest BCUT2D eigenvalue weighted by molar-refractivity contribution is 5.86. The van der Waals surface area contributed by atoms with Gasteiger partial charge in [0.1, 0.15) is 11.5 Å². The van der Waals surface area contributed by atoms with Crippen molar-refractivity contribution in [1.82, 2.24) is 5.32 Å². The summed E-state index contributed by atoms with van der Waals surface area (Å²) in [5.41, 5.74) is 8.87. The molecule has 0 spiro atoms. The largest absolute Gasteiger partial charge is 0.490 e. The Balaban J connectivity index is 0.000000188. The highest BCUT2D eigenvalue weighted by Gasteiger charge is 2.40. The van der Waals surface area contributed by atoms with Crippen LogP contribution in [0.15, 0.2) is 85.5 Å². The van der Waals surface area contributed by atoms with Crippen LogP contribution in [0.25, 0.3) is 21.5 Å². The molecule has 10 heteroatoms. The normalized spacial score (nSPS) is 22.7. The van der Waals surface area contributed by atoms with Crippen LogP contribution in [0.2, 0.25) is 0 Å². The lowest BCUT2D eigenvalue weighted by Crippen LogP contribution is -2.57. The summed E-state index contributed by atoms with van der Waals surface area (Å²) in [5.74, 6) is 2.35. The Morgan fingerprint density at radius 1 is 0.698 bits per heavy atom. The van der Waals surface area contributed by atoms with Gasteiger partial charge in [0.05, 0.1) is 63.2 Å². The fraction of sp³-hybridized carbons (Fsp3) is 0.547. The molecule has 63 heavy (non-hydrogen) atoms. The molecule has 4 aliphatic rings. The van der Waals surface area contributed by atoms with E-state index in [0.29, 0.717) is 56.0 Å². The number of methoxy groups -OCH3 is 1. The summed E-state index contributed by atoms with van der Waals surface area (Å²) in [6, 6.07) is 25.7. The van der Waals surface area contributed by atoms with Gasteiger partial charge in [-0.2, -0.15) is 0 Å². The summed E-state index contributed by atoms with van der Waals surface area (Å²) in [4.78, 5) is 20.7. The lowest BCUT2D eigenvalue weighted by Gasteiger charge is -2.43. The van der Waals surface area contributed by atoms with E-state index in [2.05, 4.69) is 131 Å². The molecule has 4 aromatic carbocycles. The van der Waals surface area contributed by atoms with E-state index >= 15 is 0 Å². The molecule has 342 valence electrons. The van der Waals surface area contributed by atoms with Gasteiger partial charge in [0.15, 0.2) is 0 Å². The number of hydrogen-bond donors (Lipinski definition) is 3. The van der Waals surface area contributed by atoms with Gasteiger partial charge in [-0.3, -0.25) is 4.79 Å². The topological polar surface area (TPSA) is 139 Å². The van der Waals surface area contributed by atoms with Gasteiger partial charge in [-0.15, -0.1) is 0 Å². The van der Waals surface area contributed by atoms with Gasteiger partial charge in [-0.25, -0.2) is 4.79 Å². The van der Waals surface area contributed by atoms with E-state index in [-0.39, 0.29) is 17.5 Å². The zero-order chi connectivity index (χ0) is 45.4. The highest BCUT2D eigenvalue weighted by atomic mass is 16.5. The van der Waals surface area contributed by atoms with Crippen molar-refractivity contribution in [3.05, 3.63) is 96.6 Å². The monoisotopic (exact) mass is 865 g/mol. The molecule has 4 fully saturated rings. The van der Waals surface area contributed by atoms with Crippen molar-refractivity contribution in [3.8, 4) is 11.5 Å². The first kappa shape index (κ1) is 48.0. The molecule has 10 nitrogen and oxygen atoms in total. The first-order valence-corrected chi connectivity index (χ1v) is 22.9. The third-order valence-corrected chi connectivity index (χ3v) is 13.7. The van der Waals surface area contributed by atoms with Gasteiger partial charge >= 0.3 is 11.9 Å².